The molecule has 6 nitrogen and oxygen atoms in total. The fraction of sp³-hybridized carbons (Fsp3) is 0.565. The highest BCUT2D eigenvalue weighted by atomic mass is 127. The van der Waals surface area contributed by atoms with Gasteiger partial charge >= 0.3 is 0 Å². The summed E-state index contributed by atoms with van der Waals surface area (Å²) in [4.78, 5) is 11.2. The van der Waals surface area contributed by atoms with Crippen LogP contribution in [0.4, 0.5) is 0 Å². The van der Waals surface area contributed by atoms with Crippen LogP contribution in [0.5, 0.6) is 0 Å². The molecule has 0 fully saturated rings. The number of halogens is 1. The first-order valence-electron chi connectivity index (χ1n) is 10.8. The van der Waals surface area contributed by atoms with Gasteiger partial charge in [0.1, 0.15) is 5.82 Å². The average molecular weight is 527 g/mol. The predicted octanol–water partition coefficient (Wildman–Crippen LogP) is 4.03. The molecule has 0 saturated heterocycles. The van der Waals surface area contributed by atoms with Crippen molar-refractivity contribution in [2.45, 2.75) is 59.7 Å². The van der Waals surface area contributed by atoms with Crippen LogP contribution in [-0.4, -0.2) is 53.1 Å². The Morgan fingerprint density at radius 1 is 1.23 bits per heavy atom. The largest absolute Gasteiger partial charge is 0.354 e. The van der Waals surface area contributed by atoms with Gasteiger partial charge in [0.15, 0.2) is 5.96 Å². The Kier molecular flexibility index (Phi) is 12.7. The molecule has 0 aliphatic rings. The topological polar surface area (TPSA) is 57.5 Å². The van der Waals surface area contributed by atoms with Crippen LogP contribution >= 0.6 is 24.0 Å². The van der Waals surface area contributed by atoms with Gasteiger partial charge in [-0.25, -0.2) is 4.98 Å². The standard InChI is InChI=1S/C23H38N6.HI/c1-6-28(7-2)14-9-10-19(3)27-23(24-5)26-17-21-11-8-12-22(16-21)18-29-15-13-25-20(29)4;/h8,11-13,15-16,19H,6-7,9-10,14,17-18H2,1-5H3,(H2,24,26,27);1H. The maximum absolute atomic E-state index is 4.39. The van der Waals surface area contributed by atoms with E-state index < -0.39 is 0 Å². The molecule has 168 valence electrons. The fourth-order valence-electron chi connectivity index (χ4n) is 3.45. The number of nitrogens with zero attached hydrogens (tertiary/aromatic N) is 4. The van der Waals surface area contributed by atoms with Crippen LogP contribution in [0.25, 0.3) is 0 Å². The van der Waals surface area contributed by atoms with E-state index in [1.165, 1.54) is 17.5 Å². The number of aliphatic imine (C=N–C) groups is 1. The Bertz CT molecular complexity index is 754. The summed E-state index contributed by atoms with van der Waals surface area (Å²) in [6.07, 6.45) is 6.20. The first-order valence-corrected chi connectivity index (χ1v) is 10.8. The smallest absolute Gasteiger partial charge is 0.191 e. The Morgan fingerprint density at radius 2 is 1.97 bits per heavy atom. The maximum Gasteiger partial charge on any atom is 0.191 e. The van der Waals surface area contributed by atoms with E-state index in [0.717, 1.165) is 50.9 Å². The molecule has 2 aromatic rings. The predicted molar refractivity (Wildman–Crippen MR) is 138 cm³/mol. The Balaban J connectivity index is 0.00000450. The van der Waals surface area contributed by atoms with E-state index in [2.05, 4.69) is 75.1 Å². The summed E-state index contributed by atoms with van der Waals surface area (Å²) in [5.41, 5.74) is 2.52. The molecular weight excluding hydrogens is 487 g/mol. The Hall–Kier alpha value is -1.61. The number of imidazole rings is 1. The molecule has 0 spiro atoms. The van der Waals surface area contributed by atoms with E-state index in [9.17, 15) is 0 Å². The molecule has 0 radical (unpaired) electrons. The Labute approximate surface area is 199 Å². The maximum atomic E-state index is 4.39. The van der Waals surface area contributed by atoms with Crippen molar-refractivity contribution >= 4 is 29.9 Å². The molecule has 1 atom stereocenters. The number of benzene rings is 1. The summed E-state index contributed by atoms with van der Waals surface area (Å²) >= 11 is 0. The van der Waals surface area contributed by atoms with Crippen LogP contribution in [0.1, 0.15) is 50.6 Å². The second kappa shape index (κ2) is 14.4. The van der Waals surface area contributed by atoms with Gasteiger partial charge in [-0.1, -0.05) is 38.1 Å². The average Bonchev–Trinajstić information content (AvgIpc) is 3.13. The van der Waals surface area contributed by atoms with Crippen LogP contribution in [0.2, 0.25) is 0 Å². The third-order valence-electron chi connectivity index (χ3n) is 5.34. The molecule has 0 amide bonds. The van der Waals surface area contributed by atoms with Crippen molar-refractivity contribution < 1.29 is 0 Å². The minimum atomic E-state index is 0. The van der Waals surface area contributed by atoms with Gasteiger partial charge in [-0.3, -0.25) is 4.99 Å². The molecule has 2 N–H and O–H groups in total. The minimum absolute atomic E-state index is 0. The third kappa shape index (κ3) is 9.04. The van der Waals surface area contributed by atoms with Crippen LogP contribution in [0.3, 0.4) is 0 Å². The van der Waals surface area contributed by atoms with Crippen molar-refractivity contribution in [1.29, 1.82) is 0 Å². The summed E-state index contributed by atoms with van der Waals surface area (Å²) < 4.78 is 2.16. The number of aromatic nitrogens is 2. The number of aryl methyl sites for hydroxylation is 1. The first-order chi connectivity index (χ1) is 14.0. The molecule has 0 saturated carbocycles. The molecular formula is C23H39IN6. The molecule has 1 heterocycles. The van der Waals surface area contributed by atoms with Gasteiger partial charge in [-0.15, -0.1) is 24.0 Å². The van der Waals surface area contributed by atoms with Gasteiger partial charge in [0.05, 0.1) is 0 Å². The molecule has 0 aliphatic carbocycles. The van der Waals surface area contributed by atoms with Crippen molar-refractivity contribution in [3.05, 3.63) is 53.6 Å². The molecule has 0 bridgehead atoms. The highest BCUT2D eigenvalue weighted by Gasteiger charge is 2.07. The second-order valence-corrected chi connectivity index (χ2v) is 7.56. The van der Waals surface area contributed by atoms with Crippen molar-refractivity contribution in [3.63, 3.8) is 0 Å². The van der Waals surface area contributed by atoms with Crippen molar-refractivity contribution in [3.8, 4) is 0 Å². The number of hydrogen-bond acceptors (Lipinski definition) is 3. The van der Waals surface area contributed by atoms with Crippen molar-refractivity contribution in [2.24, 2.45) is 4.99 Å². The van der Waals surface area contributed by atoms with Gasteiger partial charge in [-0.05, 0) is 57.5 Å². The molecule has 1 unspecified atom stereocenters. The zero-order valence-electron chi connectivity index (χ0n) is 19.2. The van der Waals surface area contributed by atoms with E-state index in [1.807, 2.05) is 26.4 Å². The molecule has 1 aromatic carbocycles. The summed E-state index contributed by atoms with van der Waals surface area (Å²) in [6, 6.07) is 9.07. The molecule has 2 rings (SSSR count). The zero-order valence-corrected chi connectivity index (χ0v) is 21.5. The van der Waals surface area contributed by atoms with E-state index >= 15 is 0 Å². The summed E-state index contributed by atoms with van der Waals surface area (Å²) in [5, 5.41) is 6.96. The lowest BCUT2D eigenvalue weighted by Crippen LogP contribution is -2.42. The first kappa shape index (κ1) is 26.4. The van der Waals surface area contributed by atoms with Crippen LogP contribution in [-0.2, 0) is 13.1 Å². The molecule has 0 aliphatic heterocycles. The highest BCUT2D eigenvalue weighted by Crippen LogP contribution is 2.09. The lowest BCUT2D eigenvalue weighted by atomic mass is 10.1. The minimum Gasteiger partial charge on any atom is -0.354 e. The van der Waals surface area contributed by atoms with Crippen LogP contribution in [0.15, 0.2) is 41.7 Å². The summed E-state index contributed by atoms with van der Waals surface area (Å²) in [7, 11) is 1.83. The van der Waals surface area contributed by atoms with Gasteiger partial charge in [0.2, 0.25) is 0 Å². The van der Waals surface area contributed by atoms with Gasteiger partial charge < -0.3 is 20.1 Å². The normalized spacial score (nSPS) is 12.5. The molecule has 30 heavy (non-hydrogen) atoms. The SMILES string of the molecule is CCN(CC)CCCC(C)NC(=NC)NCc1cccc(Cn2ccnc2C)c1.I. The van der Waals surface area contributed by atoms with E-state index in [0.29, 0.717) is 6.04 Å². The quantitative estimate of drug-likeness (QED) is 0.264. The van der Waals surface area contributed by atoms with Crippen molar-refractivity contribution in [2.75, 3.05) is 26.7 Å². The number of guanidine groups is 1. The summed E-state index contributed by atoms with van der Waals surface area (Å²) in [5.74, 6) is 1.89. The van der Waals surface area contributed by atoms with Crippen molar-refractivity contribution in [1.82, 2.24) is 25.1 Å². The lowest BCUT2D eigenvalue weighted by molar-refractivity contribution is 0.292. The van der Waals surface area contributed by atoms with Crippen LogP contribution < -0.4 is 10.6 Å². The number of rotatable bonds is 11. The Morgan fingerprint density at radius 3 is 2.60 bits per heavy atom. The lowest BCUT2D eigenvalue weighted by Gasteiger charge is -2.21. The molecule has 1 aromatic heterocycles. The summed E-state index contributed by atoms with van der Waals surface area (Å²) in [6.45, 7) is 13.7. The van der Waals surface area contributed by atoms with Crippen LogP contribution in [0, 0.1) is 6.92 Å². The number of hydrogen-bond donors (Lipinski definition) is 2. The van der Waals surface area contributed by atoms with E-state index in [-0.39, 0.29) is 24.0 Å². The van der Waals surface area contributed by atoms with Gasteiger partial charge in [0.25, 0.3) is 0 Å². The highest BCUT2D eigenvalue weighted by molar-refractivity contribution is 14.0. The monoisotopic (exact) mass is 526 g/mol. The van der Waals surface area contributed by atoms with Gasteiger partial charge in [0, 0.05) is 38.6 Å². The number of nitrogens with one attached hydrogen (secondary N) is 2. The zero-order chi connectivity index (χ0) is 21.1. The van der Waals surface area contributed by atoms with E-state index in [1.54, 1.807) is 0 Å². The van der Waals surface area contributed by atoms with E-state index in [4.69, 9.17) is 0 Å². The third-order valence-corrected chi connectivity index (χ3v) is 5.34. The molecule has 7 heteroatoms. The van der Waals surface area contributed by atoms with Gasteiger partial charge in [-0.2, -0.15) is 0 Å². The fourth-order valence-corrected chi connectivity index (χ4v) is 3.45. The second-order valence-electron chi connectivity index (χ2n) is 7.56.